The van der Waals surface area contributed by atoms with E-state index in [9.17, 15) is 4.79 Å². The number of para-hydroxylation sites is 1. The van der Waals surface area contributed by atoms with Gasteiger partial charge in [-0.05, 0) is 73.9 Å². The summed E-state index contributed by atoms with van der Waals surface area (Å²) in [7, 11) is 0. The van der Waals surface area contributed by atoms with Gasteiger partial charge in [-0.3, -0.25) is 4.79 Å². The molecule has 1 aromatic heterocycles. The van der Waals surface area contributed by atoms with Gasteiger partial charge in [0, 0.05) is 34.3 Å². The van der Waals surface area contributed by atoms with Gasteiger partial charge in [-0.1, -0.05) is 41.9 Å². The normalized spacial score (nSPS) is 13.4. The second-order valence-corrected chi connectivity index (χ2v) is 10.4. The van der Waals surface area contributed by atoms with Crippen LogP contribution in [0.25, 0.3) is 5.69 Å². The average Bonchev–Trinajstić information content (AvgIpc) is 3.57. The molecule has 1 amide bonds. The number of thioether (sulfide) groups is 1. The highest BCUT2D eigenvalue weighted by atomic mass is 35.5. The van der Waals surface area contributed by atoms with Crippen LogP contribution in [0.4, 0.5) is 5.82 Å². The number of nitrogens with zero attached hydrogens (tertiary/aromatic N) is 4. The quantitative estimate of drug-likeness (QED) is 0.161. The monoisotopic (exact) mass is 529 g/mol. The molecule has 0 aliphatic carbocycles. The lowest BCUT2D eigenvalue weighted by molar-refractivity contribution is 0.0955. The Kier molecular flexibility index (Phi) is 7.92. The Labute approximate surface area is 226 Å². The molecule has 1 N–H and O–H groups in total. The molecule has 2 heterocycles. The van der Waals surface area contributed by atoms with Crippen molar-refractivity contribution in [1.82, 2.24) is 15.2 Å². The number of rotatable bonds is 8. The molecule has 0 radical (unpaired) electrons. The summed E-state index contributed by atoms with van der Waals surface area (Å²) in [6, 6.07) is 25.5. The maximum absolute atomic E-state index is 12.7. The molecular formula is C29H28ClN5OS. The smallest absolute Gasteiger partial charge is 0.271 e. The molecule has 0 spiro atoms. The van der Waals surface area contributed by atoms with Crippen LogP contribution in [0.5, 0.6) is 0 Å². The Morgan fingerprint density at radius 2 is 1.73 bits per heavy atom. The Bertz CT molecular complexity index is 1380. The summed E-state index contributed by atoms with van der Waals surface area (Å²) in [5, 5.41) is 9.83. The number of aromatic nitrogens is 2. The van der Waals surface area contributed by atoms with Gasteiger partial charge in [0.15, 0.2) is 0 Å². The number of hydrogen-bond acceptors (Lipinski definition) is 5. The van der Waals surface area contributed by atoms with E-state index in [0.717, 1.165) is 69.9 Å². The van der Waals surface area contributed by atoms with Crippen LogP contribution < -0.4 is 10.3 Å². The van der Waals surface area contributed by atoms with E-state index in [1.165, 1.54) is 0 Å². The maximum atomic E-state index is 12.7. The molecule has 8 heteroatoms. The molecule has 188 valence electrons. The highest BCUT2D eigenvalue weighted by Crippen LogP contribution is 2.29. The number of nitrogens with one attached hydrogen (secondary N) is 1. The van der Waals surface area contributed by atoms with Crippen molar-refractivity contribution in [3.8, 4) is 5.69 Å². The summed E-state index contributed by atoms with van der Waals surface area (Å²) in [5.41, 5.74) is 7.17. The van der Waals surface area contributed by atoms with Crippen LogP contribution in [-0.4, -0.2) is 35.0 Å². The van der Waals surface area contributed by atoms with Gasteiger partial charge >= 0.3 is 0 Å². The van der Waals surface area contributed by atoms with E-state index in [-0.39, 0.29) is 5.91 Å². The van der Waals surface area contributed by atoms with E-state index in [1.54, 1.807) is 18.0 Å². The van der Waals surface area contributed by atoms with Crippen LogP contribution in [0.2, 0.25) is 5.02 Å². The van der Waals surface area contributed by atoms with Crippen molar-refractivity contribution in [2.45, 2.75) is 30.4 Å². The SMILES string of the molecule is Cc1nn(-c2ccccc2)c(N2CCCC2)c1/C=N\NC(=O)c1ccc(CSc2ccc(Cl)cc2)cc1. The molecule has 3 aromatic carbocycles. The fourth-order valence-electron chi connectivity index (χ4n) is 4.33. The minimum atomic E-state index is -0.246. The molecule has 4 aromatic rings. The zero-order valence-corrected chi connectivity index (χ0v) is 22.2. The first-order chi connectivity index (χ1) is 18.1. The second kappa shape index (κ2) is 11.7. The summed E-state index contributed by atoms with van der Waals surface area (Å²) < 4.78 is 1.98. The standard InChI is InChI=1S/C29H28ClN5OS/c1-21-27(29(34-17-5-6-18-34)35(33-21)25-7-3-2-4-8-25)19-31-32-28(36)23-11-9-22(10-12-23)20-37-26-15-13-24(30)14-16-26/h2-4,7-16,19H,5-6,17-18,20H2,1H3,(H,32,36)/b31-19-. The highest BCUT2D eigenvalue weighted by Gasteiger charge is 2.23. The van der Waals surface area contributed by atoms with Crippen molar-refractivity contribution in [2.75, 3.05) is 18.0 Å². The zero-order valence-electron chi connectivity index (χ0n) is 20.6. The first kappa shape index (κ1) is 25.1. The molecule has 37 heavy (non-hydrogen) atoms. The summed E-state index contributed by atoms with van der Waals surface area (Å²) in [6.07, 6.45) is 4.02. The number of amides is 1. The van der Waals surface area contributed by atoms with Gasteiger partial charge in [-0.25, -0.2) is 10.1 Å². The summed E-state index contributed by atoms with van der Waals surface area (Å²) in [5.74, 6) is 1.58. The average molecular weight is 530 g/mol. The van der Waals surface area contributed by atoms with Crippen LogP contribution >= 0.6 is 23.4 Å². The van der Waals surface area contributed by atoms with Crippen molar-refractivity contribution in [3.63, 3.8) is 0 Å². The van der Waals surface area contributed by atoms with E-state index in [0.29, 0.717) is 5.56 Å². The van der Waals surface area contributed by atoms with Gasteiger partial charge in [0.2, 0.25) is 0 Å². The minimum absolute atomic E-state index is 0.246. The van der Waals surface area contributed by atoms with Crippen molar-refractivity contribution in [2.24, 2.45) is 5.10 Å². The van der Waals surface area contributed by atoms with Crippen molar-refractivity contribution < 1.29 is 4.79 Å². The van der Waals surface area contributed by atoms with Gasteiger partial charge in [0.25, 0.3) is 5.91 Å². The third-order valence-corrected chi connectivity index (χ3v) is 7.62. The summed E-state index contributed by atoms with van der Waals surface area (Å²) in [4.78, 5) is 16.2. The fourth-order valence-corrected chi connectivity index (χ4v) is 5.31. The summed E-state index contributed by atoms with van der Waals surface area (Å²) in [6.45, 7) is 3.94. The lowest BCUT2D eigenvalue weighted by Crippen LogP contribution is -2.23. The van der Waals surface area contributed by atoms with Crippen LogP contribution in [0, 0.1) is 6.92 Å². The summed E-state index contributed by atoms with van der Waals surface area (Å²) >= 11 is 7.68. The van der Waals surface area contributed by atoms with Gasteiger partial charge in [-0.15, -0.1) is 11.8 Å². The molecule has 6 nitrogen and oxygen atoms in total. The van der Waals surface area contributed by atoms with Gasteiger partial charge in [0.1, 0.15) is 5.82 Å². The molecule has 1 saturated heterocycles. The number of aryl methyl sites for hydroxylation is 1. The Morgan fingerprint density at radius 1 is 1.03 bits per heavy atom. The maximum Gasteiger partial charge on any atom is 0.271 e. The topological polar surface area (TPSA) is 62.5 Å². The number of anilines is 1. The Morgan fingerprint density at radius 3 is 2.43 bits per heavy atom. The first-order valence-electron chi connectivity index (χ1n) is 12.3. The van der Waals surface area contributed by atoms with Crippen LogP contribution in [0.1, 0.15) is 40.0 Å². The predicted octanol–water partition coefficient (Wildman–Crippen LogP) is 6.49. The van der Waals surface area contributed by atoms with E-state index in [4.69, 9.17) is 16.7 Å². The van der Waals surface area contributed by atoms with Crippen molar-refractivity contribution in [3.05, 3.63) is 106 Å². The minimum Gasteiger partial charge on any atom is -0.356 e. The lowest BCUT2D eigenvalue weighted by atomic mass is 10.1. The Hall–Kier alpha value is -3.55. The molecular weight excluding hydrogens is 502 g/mol. The molecule has 1 aliphatic heterocycles. The van der Waals surface area contributed by atoms with E-state index < -0.39 is 0 Å². The number of hydrazone groups is 1. The molecule has 0 unspecified atom stereocenters. The van der Waals surface area contributed by atoms with Crippen molar-refractivity contribution >= 4 is 41.3 Å². The number of carbonyl (C=O) groups is 1. The van der Waals surface area contributed by atoms with E-state index in [2.05, 4.69) is 15.4 Å². The lowest BCUT2D eigenvalue weighted by Gasteiger charge is -2.20. The predicted molar refractivity (Wildman–Crippen MR) is 152 cm³/mol. The third kappa shape index (κ3) is 6.06. The molecule has 1 fully saturated rings. The number of halogens is 1. The molecule has 5 rings (SSSR count). The number of hydrogen-bond donors (Lipinski definition) is 1. The highest BCUT2D eigenvalue weighted by molar-refractivity contribution is 7.98. The van der Waals surface area contributed by atoms with Gasteiger partial charge in [-0.2, -0.15) is 10.2 Å². The molecule has 0 bridgehead atoms. The van der Waals surface area contributed by atoms with Crippen LogP contribution in [-0.2, 0) is 5.75 Å². The zero-order chi connectivity index (χ0) is 25.6. The van der Waals surface area contributed by atoms with E-state index in [1.807, 2.05) is 90.5 Å². The third-order valence-electron chi connectivity index (χ3n) is 6.28. The number of carbonyl (C=O) groups excluding carboxylic acids is 1. The molecule has 0 atom stereocenters. The number of benzene rings is 3. The molecule has 1 aliphatic rings. The molecule has 0 saturated carbocycles. The van der Waals surface area contributed by atoms with Gasteiger partial charge in [0.05, 0.1) is 23.2 Å². The van der Waals surface area contributed by atoms with Gasteiger partial charge < -0.3 is 4.90 Å². The van der Waals surface area contributed by atoms with Crippen LogP contribution in [0.15, 0.2) is 88.9 Å². The first-order valence-corrected chi connectivity index (χ1v) is 13.7. The van der Waals surface area contributed by atoms with Crippen molar-refractivity contribution in [1.29, 1.82) is 0 Å². The Balaban J connectivity index is 1.26. The second-order valence-electron chi connectivity index (χ2n) is 8.90. The van der Waals surface area contributed by atoms with E-state index >= 15 is 0 Å². The van der Waals surface area contributed by atoms with Crippen LogP contribution in [0.3, 0.4) is 0 Å². The fraction of sp³-hybridized carbons (Fsp3) is 0.207. The largest absolute Gasteiger partial charge is 0.356 e.